The second kappa shape index (κ2) is 5.54. The van der Waals surface area contributed by atoms with Crippen molar-refractivity contribution in [1.29, 1.82) is 0 Å². The molecule has 0 spiro atoms. The molecule has 1 fully saturated rings. The summed E-state index contributed by atoms with van der Waals surface area (Å²) in [5.74, 6) is 0.837. The lowest BCUT2D eigenvalue weighted by atomic mass is 9.78. The van der Waals surface area contributed by atoms with Gasteiger partial charge in [0.25, 0.3) is 0 Å². The van der Waals surface area contributed by atoms with Crippen molar-refractivity contribution in [2.45, 2.75) is 31.2 Å². The van der Waals surface area contributed by atoms with Gasteiger partial charge >= 0.3 is 5.97 Å². The maximum atomic E-state index is 11.3. The van der Waals surface area contributed by atoms with Crippen molar-refractivity contribution in [2.75, 3.05) is 12.4 Å². The van der Waals surface area contributed by atoms with Crippen LogP contribution in [0, 0.1) is 5.92 Å². The van der Waals surface area contributed by atoms with Crippen LogP contribution in [0.3, 0.4) is 0 Å². The molecule has 4 rings (SSSR count). The number of hydrogen-bond acceptors (Lipinski definition) is 4. The number of benzene rings is 1. The molecule has 1 aliphatic carbocycles. The first-order chi connectivity index (χ1) is 11.6. The Hall–Kier alpha value is -2.50. The predicted octanol–water partition coefficient (Wildman–Crippen LogP) is 3.18. The van der Waals surface area contributed by atoms with E-state index in [1.165, 1.54) is 16.7 Å². The van der Waals surface area contributed by atoms with Crippen LogP contribution in [0.1, 0.15) is 53.0 Å². The highest BCUT2D eigenvalue weighted by Gasteiger charge is 2.41. The smallest absolute Gasteiger partial charge is 0.354 e. The molecule has 0 saturated heterocycles. The van der Waals surface area contributed by atoms with Crippen LogP contribution in [-0.4, -0.2) is 28.0 Å². The minimum absolute atomic E-state index is 0.0534. The third-order valence-corrected chi connectivity index (χ3v) is 5.40. The number of carboxylic acids is 1. The summed E-state index contributed by atoms with van der Waals surface area (Å²) in [6.07, 6.45) is 3.46. The molecule has 1 aromatic carbocycles. The van der Waals surface area contributed by atoms with Gasteiger partial charge in [-0.05, 0) is 54.5 Å². The fourth-order valence-electron chi connectivity index (χ4n) is 4.29. The van der Waals surface area contributed by atoms with Gasteiger partial charge in [-0.2, -0.15) is 5.10 Å². The molecular weight excluding hydrogens is 306 g/mol. The first-order valence-corrected chi connectivity index (χ1v) is 8.30. The quantitative estimate of drug-likeness (QED) is 0.905. The number of carbonyl (C=O) groups is 1. The number of carboxylic acid groups (broad SMARTS) is 1. The van der Waals surface area contributed by atoms with Gasteiger partial charge in [0.15, 0.2) is 0 Å². The summed E-state index contributed by atoms with van der Waals surface area (Å²) < 4.78 is 6.83. The summed E-state index contributed by atoms with van der Waals surface area (Å²) in [7, 11) is 3.37. The standard InChI is InChI=1S/C18H21N3O3/c1-21-16(18(22)23)9-15(20-21)17-12-5-3-4-11(12)13-8-10(24-2)6-7-14(13)19-17/h6-9,11-12,17,19H,3-5H2,1-2H3,(H,22,23)/t11-,12+,17-/m1/s1. The number of nitrogens with zero attached hydrogens (tertiary/aromatic N) is 2. The van der Waals surface area contributed by atoms with Crippen LogP contribution in [0.15, 0.2) is 24.3 Å². The van der Waals surface area contributed by atoms with Crippen LogP contribution in [-0.2, 0) is 7.05 Å². The molecule has 2 aliphatic rings. The van der Waals surface area contributed by atoms with Crippen molar-refractivity contribution in [3.8, 4) is 5.75 Å². The van der Waals surface area contributed by atoms with E-state index in [0.717, 1.165) is 30.0 Å². The molecule has 126 valence electrons. The Morgan fingerprint density at radius 2 is 2.21 bits per heavy atom. The number of aromatic nitrogens is 2. The van der Waals surface area contributed by atoms with Gasteiger partial charge in [0, 0.05) is 12.7 Å². The van der Waals surface area contributed by atoms with Crippen molar-refractivity contribution < 1.29 is 14.6 Å². The van der Waals surface area contributed by atoms with Gasteiger partial charge in [-0.1, -0.05) is 6.42 Å². The lowest BCUT2D eigenvalue weighted by Gasteiger charge is -2.36. The topological polar surface area (TPSA) is 76.4 Å². The van der Waals surface area contributed by atoms with Crippen LogP contribution in [0.2, 0.25) is 0 Å². The summed E-state index contributed by atoms with van der Waals surface area (Å²) in [5, 5.41) is 17.3. The van der Waals surface area contributed by atoms with Crippen molar-refractivity contribution in [3.63, 3.8) is 0 Å². The molecule has 0 unspecified atom stereocenters. The molecular formula is C18H21N3O3. The maximum absolute atomic E-state index is 11.3. The number of rotatable bonds is 3. The Labute approximate surface area is 140 Å². The summed E-state index contributed by atoms with van der Waals surface area (Å²) >= 11 is 0. The number of fused-ring (bicyclic) bond motifs is 3. The van der Waals surface area contributed by atoms with Gasteiger partial charge in [0.2, 0.25) is 0 Å². The van der Waals surface area contributed by atoms with Crippen molar-refractivity contribution in [1.82, 2.24) is 9.78 Å². The largest absolute Gasteiger partial charge is 0.497 e. The van der Waals surface area contributed by atoms with Crippen molar-refractivity contribution in [3.05, 3.63) is 41.2 Å². The van der Waals surface area contributed by atoms with E-state index in [1.807, 2.05) is 6.07 Å². The lowest BCUT2D eigenvalue weighted by molar-refractivity contribution is 0.0685. The molecule has 24 heavy (non-hydrogen) atoms. The molecule has 2 heterocycles. The zero-order valence-corrected chi connectivity index (χ0v) is 13.8. The van der Waals surface area contributed by atoms with E-state index in [4.69, 9.17) is 4.74 Å². The zero-order valence-electron chi connectivity index (χ0n) is 13.8. The van der Waals surface area contributed by atoms with E-state index < -0.39 is 5.97 Å². The maximum Gasteiger partial charge on any atom is 0.354 e. The third-order valence-electron chi connectivity index (χ3n) is 5.40. The molecule has 2 aromatic rings. The van der Waals surface area contributed by atoms with Crippen molar-refractivity contribution in [2.24, 2.45) is 13.0 Å². The Bertz CT molecular complexity index is 799. The van der Waals surface area contributed by atoms with Crippen LogP contribution in [0.4, 0.5) is 5.69 Å². The van der Waals surface area contributed by atoms with Gasteiger partial charge in [0.1, 0.15) is 11.4 Å². The summed E-state index contributed by atoms with van der Waals surface area (Å²) in [6.45, 7) is 0. The van der Waals surface area contributed by atoms with Gasteiger partial charge in [0.05, 0.1) is 18.8 Å². The van der Waals surface area contributed by atoms with E-state index in [2.05, 4.69) is 22.5 Å². The lowest BCUT2D eigenvalue weighted by Crippen LogP contribution is -2.29. The number of aromatic carboxylic acids is 1. The summed E-state index contributed by atoms with van der Waals surface area (Å²) in [6, 6.07) is 7.89. The first kappa shape index (κ1) is 15.1. The average Bonchev–Trinajstić information content (AvgIpc) is 3.20. The molecule has 6 heteroatoms. The molecule has 0 radical (unpaired) electrons. The molecule has 3 atom stereocenters. The molecule has 1 saturated carbocycles. The fraction of sp³-hybridized carbons (Fsp3) is 0.444. The molecule has 1 aromatic heterocycles. The highest BCUT2D eigenvalue weighted by Crippen LogP contribution is 2.53. The Kier molecular flexibility index (Phi) is 3.48. The Balaban J connectivity index is 1.75. The monoisotopic (exact) mass is 327 g/mol. The number of aryl methyl sites for hydroxylation is 1. The van der Waals surface area contributed by atoms with Crippen LogP contribution < -0.4 is 10.1 Å². The number of hydrogen-bond donors (Lipinski definition) is 2. The Morgan fingerprint density at radius 3 is 2.92 bits per heavy atom. The molecule has 0 bridgehead atoms. The number of nitrogens with one attached hydrogen (secondary N) is 1. The van der Waals surface area contributed by atoms with E-state index >= 15 is 0 Å². The highest BCUT2D eigenvalue weighted by molar-refractivity contribution is 5.85. The first-order valence-electron chi connectivity index (χ1n) is 8.30. The van der Waals surface area contributed by atoms with Crippen molar-refractivity contribution >= 4 is 11.7 Å². The third kappa shape index (κ3) is 2.25. The molecule has 6 nitrogen and oxygen atoms in total. The number of methoxy groups -OCH3 is 1. The van der Waals surface area contributed by atoms with Gasteiger partial charge in [-0.25, -0.2) is 4.79 Å². The van der Waals surface area contributed by atoms with Gasteiger partial charge in [-0.15, -0.1) is 0 Å². The second-order valence-electron chi connectivity index (χ2n) is 6.66. The minimum Gasteiger partial charge on any atom is -0.497 e. The number of anilines is 1. The van der Waals surface area contributed by atoms with E-state index in [1.54, 1.807) is 20.2 Å². The van der Waals surface area contributed by atoms with E-state index in [9.17, 15) is 9.90 Å². The summed E-state index contributed by atoms with van der Waals surface area (Å²) in [4.78, 5) is 11.3. The second-order valence-corrected chi connectivity index (χ2v) is 6.66. The SMILES string of the molecule is COc1ccc2c(c1)[C@@H]1CCC[C@@H]1[C@H](c1cc(C(=O)O)n(C)n1)N2. The minimum atomic E-state index is -0.944. The Morgan fingerprint density at radius 1 is 1.38 bits per heavy atom. The van der Waals surface area contributed by atoms with E-state index in [0.29, 0.717) is 11.8 Å². The number of ether oxygens (including phenoxy) is 1. The molecule has 1 aliphatic heterocycles. The fourth-order valence-corrected chi connectivity index (χ4v) is 4.29. The van der Waals surface area contributed by atoms with E-state index in [-0.39, 0.29) is 11.7 Å². The predicted molar refractivity (Wildman–Crippen MR) is 89.6 cm³/mol. The summed E-state index contributed by atoms with van der Waals surface area (Å²) in [5.41, 5.74) is 3.45. The zero-order chi connectivity index (χ0) is 16.8. The average molecular weight is 327 g/mol. The van der Waals surface area contributed by atoms with Gasteiger partial charge in [-0.3, -0.25) is 4.68 Å². The molecule has 0 amide bonds. The molecule has 2 N–H and O–H groups in total. The van der Waals surface area contributed by atoms with Crippen LogP contribution in [0.5, 0.6) is 5.75 Å². The normalized spacial score (nSPS) is 24.8. The van der Waals surface area contributed by atoms with Gasteiger partial charge < -0.3 is 15.2 Å². The van der Waals surface area contributed by atoms with Crippen LogP contribution in [0.25, 0.3) is 0 Å². The van der Waals surface area contributed by atoms with Crippen LogP contribution >= 0.6 is 0 Å². The highest BCUT2D eigenvalue weighted by atomic mass is 16.5.